The van der Waals surface area contributed by atoms with Gasteiger partial charge in [0.25, 0.3) is 0 Å². The minimum Gasteiger partial charge on any atom is -0.480 e. The van der Waals surface area contributed by atoms with Crippen molar-refractivity contribution in [1.29, 1.82) is 0 Å². The second-order valence-electron chi connectivity index (χ2n) is 5.64. The van der Waals surface area contributed by atoms with Crippen molar-refractivity contribution in [1.82, 2.24) is 15.1 Å². The zero-order valence-electron chi connectivity index (χ0n) is 12.8. The molecule has 0 aliphatic carbocycles. The SMILES string of the molecule is CCCCC(NC(=O)N(C)CC1CCCN1C)C(=O)O. The Balaban J connectivity index is 2.44. The van der Waals surface area contributed by atoms with Crippen LogP contribution in [-0.4, -0.2) is 66.2 Å². The molecule has 1 heterocycles. The highest BCUT2D eigenvalue weighted by atomic mass is 16.4. The predicted molar refractivity (Wildman–Crippen MR) is 77.8 cm³/mol. The van der Waals surface area contributed by atoms with Crippen molar-refractivity contribution in [3.05, 3.63) is 0 Å². The Hall–Kier alpha value is -1.30. The maximum Gasteiger partial charge on any atom is 0.326 e. The van der Waals surface area contributed by atoms with Crippen molar-refractivity contribution in [3.8, 4) is 0 Å². The van der Waals surface area contributed by atoms with Gasteiger partial charge in [0.05, 0.1) is 0 Å². The number of rotatable bonds is 7. The highest BCUT2D eigenvalue weighted by Crippen LogP contribution is 2.15. The van der Waals surface area contributed by atoms with E-state index in [0.29, 0.717) is 19.0 Å². The van der Waals surface area contributed by atoms with E-state index in [9.17, 15) is 9.59 Å². The third-order valence-corrected chi connectivity index (χ3v) is 3.94. The third kappa shape index (κ3) is 5.00. The number of hydrogen-bond donors (Lipinski definition) is 2. The summed E-state index contributed by atoms with van der Waals surface area (Å²) in [5.41, 5.74) is 0. The molecule has 1 aliphatic heterocycles. The first kappa shape index (κ1) is 16.8. The van der Waals surface area contributed by atoms with Crippen LogP contribution in [0.1, 0.15) is 39.0 Å². The topological polar surface area (TPSA) is 72.9 Å². The second-order valence-corrected chi connectivity index (χ2v) is 5.64. The first-order valence-electron chi connectivity index (χ1n) is 7.40. The summed E-state index contributed by atoms with van der Waals surface area (Å²) in [6.45, 7) is 3.71. The van der Waals surface area contributed by atoms with Crippen molar-refractivity contribution in [2.75, 3.05) is 27.2 Å². The number of carbonyl (C=O) groups is 2. The molecule has 0 saturated carbocycles. The van der Waals surface area contributed by atoms with Crippen molar-refractivity contribution in [2.24, 2.45) is 0 Å². The van der Waals surface area contributed by atoms with E-state index in [1.165, 1.54) is 0 Å². The van der Waals surface area contributed by atoms with Crippen LogP contribution in [0.15, 0.2) is 0 Å². The molecule has 1 aliphatic rings. The van der Waals surface area contributed by atoms with E-state index in [1.807, 2.05) is 6.92 Å². The van der Waals surface area contributed by atoms with Crippen LogP contribution in [-0.2, 0) is 4.79 Å². The number of hydrogen-bond acceptors (Lipinski definition) is 3. The number of urea groups is 1. The van der Waals surface area contributed by atoms with Crippen LogP contribution in [0.5, 0.6) is 0 Å². The Labute approximate surface area is 121 Å². The monoisotopic (exact) mass is 285 g/mol. The highest BCUT2D eigenvalue weighted by molar-refractivity contribution is 5.82. The van der Waals surface area contributed by atoms with Crippen molar-refractivity contribution in [2.45, 2.75) is 51.1 Å². The van der Waals surface area contributed by atoms with E-state index in [1.54, 1.807) is 11.9 Å². The lowest BCUT2D eigenvalue weighted by Crippen LogP contribution is -2.49. The summed E-state index contributed by atoms with van der Waals surface area (Å²) in [7, 11) is 3.78. The molecule has 0 radical (unpaired) electrons. The van der Waals surface area contributed by atoms with Gasteiger partial charge in [-0.3, -0.25) is 0 Å². The number of amides is 2. The molecular weight excluding hydrogens is 258 g/mol. The van der Waals surface area contributed by atoms with Crippen LogP contribution in [0.25, 0.3) is 0 Å². The zero-order chi connectivity index (χ0) is 15.1. The van der Waals surface area contributed by atoms with Gasteiger partial charge in [-0.15, -0.1) is 0 Å². The first-order chi connectivity index (χ1) is 9.45. The van der Waals surface area contributed by atoms with Gasteiger partial charge >= 0.3 is 12.0 Å². The molecule has 2 N–H and O–H groups in total. The minimum atomic E-state index is -0.960. The van der Waals surface area contributed by atoms with Crippen molar-refractivity contribution < 1.29 is 14.7 Å². The number of carbonyl (C=O) groups excluding carboxylic acids is 1. The molecule has 2 unspecified atom stereocenters. The summed E-state index contributed by atoms with van der Waals surface area (Å²) in [4.78, 5) is 27.0. The average molecular weight is 285 g/mol. The van der Waals surface area contributed by atoms with Gasteiger partial charge < -0.3 is 20.2 Å². The Morgan fingerprint density at radius 1 is 1.50 bits per heavy atom. The molecule has 2 amide bonds. The van der Waals surface area contributed by atoms with E-state index < -0.39 is 12.0 Å². The van der Waals surface area contributed by atoms with Gasteiger partial charge in [-0.25, -0.2) is 9.59 Å². The van der Waals surface area contributed by atoms with E-state index in [0.717, 1.165) is 32.2 Å². The minimum absolute atomic E-state index is 0.297. The fraction of sp³-hybridized carbons (Fsp3) is 0.857. The standard InChI is InChI=1S/C14H27N3O3/c1-4-5-8-12(13(18)19)15-14(20)17(3)10-11-7-6-9-16(11)2/h11-12H,4-10H2,1-3H3,(H,15,20)(H,18,19). The number of likely N-dealkylation sites (tertiary alicyclic amines) is 1. The largest absolute Gasteiger partial charge is 0.480 e. The van der Waals surface area contributed by atoms with Crippen LogP contribution in [0.2, 0.25) is 0 Å². The molecular formula is C14H27N3O3. The molecule has 6 nitrogen and oxygen atoms in total. The van der Waals surface area contributed by atoms with E-state index in [2.05, 4.69) is 17.3 Å². The number of carboxylic acid groups (broad SMARTS) is 1. The Bertz CT molecular complexity index is 336. The molecule has 2 atom stereocenters. The fourth-order valence-corrected chi connectivity index (χ4v) is 2.53. The summed E-state index contributed by atoms with van der Waals surface area (Å²) in [6.07, 6.45) is 4.45. The molecule has 0 aromatic carbocycles. The van der Waals surface area contributed by atoms with E-state index >= 15 is 0 Å². The Kier molecular flexibility index (Phi) is 6.78. The third-order valence-electron chi connectivity index (χ3n) is 3.94. The van der Waals surface area contributed by atoms with Gasteiger partial charge in [0.2, 0.25) is 0 Å². The number of unbranched alkanes of at least 4 members (excludes halogenated alkanes) is 1. The number of likely N-dealkylation sites (N-methyl/N-ethyl adjacent to an activating group) is 2. The van der Waals surface area contributed by atoms with E-state index in [4.69, 9.17) is 5.11 Å². The lowest BCUT2D eigenvalue weighted by molar-refractivity contribution is -0.139. The molecule has 20 heavy (non-hydrogen) atoms. The van der Waals surface area contributed by atoms with Crippen LogP contribution in [0, 0.1) is 0 Å². The smallest absolute Gasteiger partial charge is 0.326 e. The summed E-state index contributed by atoms with van der Waals surface area (Å²) in [5.74, 6) is -0.960. The molecule has 0 bridgehead atoms. The van der Waals surface area contributed by atoms with Crippen LogP contribution >= 0.6 is 0 Å². The maximum absolute atomic E-state index is 12.0. The number of aliphatic carboxylic acids is 1. The number of nitrogens with one attached hydrogen (secondary N) is 1. The lowest BCUT2D eigenvalue weighted by Gasteiger charge is -2.27. The Morgan fingerprint density at radius 2 is 2.20 bits per heavy atom. The number of nitrogens with zero attached hydrogens (tertiary/aromatic N) is 2. The van der Waals surface area contributed by atoms with Gasteiger partial charge in [-0.05, 0) is 32.9 Å². The predicted octanol–water partition coefficient (Wildman–Crippen LogP) is 1.37. The molecule has 1 fully saturated rings. The summed E-state index contributed by atoms with van der Waals surface area (Å²) < 4.78 is 0. The van der Waals surface area contributed by atoms with Crippen LogP contribution in [0.4, 0.5) is 4.79 Å². The van der Waals surface area contributed by atoms with Gasteiger partial charge in [0.1, 0.15) is 6.04 Å². The van der Waals surface area contributed by atoms with Gasteiger partial charge in [0.15, 0.2) is 0 Å². The second kappa shape index (κ2) is 8.09. The zero-order valence-corrected chi connectivity index (χ0v) is 12.8. The summed E-state index contributed by atoms with van der Waals surface area (Å²) >= 11 is 0. The molecule has 116 valence electrons. The summed E-state index contributed by atoms with van der Waals surface area (Å²) in [6, 6.07) is -0.704. The van der Waals surface area contributed by atoms with Gasteiger partial charge in [0, 0.05) is 19.6 Å². The highest BCUT2D eigenvalue weighted by Gasteiger charge is 2.26. The quantitative estimate of drug-likeness (QED) is 0.741. The van der Waals surface area contributed by atoms with Crippen LogP contribution in [0.3, 0.4) is 0 Å². The Morgan fingerprint density at radius 3 is 2.70 bits per heavy atom. The van der Waals surface area contributed by atoms with Crippen molar-refractivity contribution in [3.63, 3.8) is 0 Å². The molecule has 1 saturated heterocycles. The molecule has 0 spiro atoms. The lowest BCUT2D eigenvalue weighted by atomic mass is 10.1. The van der Waals surface area contributed by atoms with Crippen LogP contribution < -0.4 is 5.32 Å². The van der Waals surface area contributed by atoms with Crippen molar-refractivity contribution >= 4 is 12.0 Å². The fourth-order valence-electron chi connectivity index (χ4n) is 2.53. The summed E-state index contributed by atoms with van der Waals surface area (Å²) in [5, 5.41) is 11.7. The van der Waals surface area contributed by atoms with Gasteiger partial charge in [-0.1, -0.05) is 19.8 Å². The molecule has 1 rings (SSSR count). The number of carboxylic acids is 1. The van der Waals surface area contributed by atoms with Gasteiger partial charge in [-0.2, -0.15) is 0 Å². The maximum atomic E-state index is 12.0. The first-order valence-corrected chi connectivity index (χ1v) is 7.40. The average Bonchev–Trinajstić information content (AvgIpc) is 2.79. The normalized spacial score (nSPS) is 20.6. The van der Waals surface area contributed by atoms with E-state index in [-0.39, 0.29) is 6.03 Å². The molecule has 0 aromatic heterocycles. The molecule has 6 heteroatoms. The molecule has 0 aromatic rings.